The first-order valence-corrected chi connectivity index (χ1v) is 33.3. The molecule has 0 saturated carbocycles. The minimum absolute atomic E-state index is 0.226. The molecule has 2 aliphatic heterocycles. The fourth-order valence-electron chi connectivity index (χ4n) is 10.6. The molecule has 2 fully saturated rings. The number of ether oxygens (including phenoxy) is 4. The number of aliphatic hydroxyl groups excluding tert-OH is 8. The minimum atomic E-state index is -1.79. The Kier molecular flexibility index (Phi) is 49.1. The van der Waals surface area contributed by atoms with E-state index in [2.05, 4.69) is 104 Å². The van der Waals surface area contributed by atoms with Crippen LogP contribution in [0.3, 0.4) is 0 Å². The van der Waals surface area contributed by atoms with Crippen LogP contribution in [0.4, 0.5) is 0 Å². The van der Waals surface area contributed by atoms with Crippen LogP contribution in [0.5, 0.6) is 0 Å². The number of aliphatic hydroxyl groups is 8. The zero-order chi connectivity index (χ0) is 60.2. The summed E-state index contributed by atoms with van der Waals surface area (Å²) in [5.41, 5.74) is 0. The molecule has 9 N–H and O–H groups in total. The highest BCUT2D eigenvalue weighted by molar-refractivity contribution is 5.76. The van der Waals surface area contributed by atoms with Gasteiger partial charge >= 0.3 is 0 Å². The molecule has 0 bridgehead atoms. The van der Waals surface area contributed by atoms with Crippen molar-refractivity contribution in [3.05, 3.63) is 85.1 Å². The lowest BCUT2D eigenvalue weighted by molar-refractivity contribution is -0.359. The number of allylic oxidation sites excluding steroid dienone is 14. The Bertz CT molecular complexity index is 1710. The smallest absolute Gasteiger partial charge is 0.220 e. The third-order valence-corrected chi connectivity index (χ3v) is 15.9. The van der Waals surface area contributed by atoms with E-state index in [1.54, 1.807) is 0 Å². The van der Waals surface area contributed by atoms with E-state index in [4.69, 9.17) is 18.9 Å². The highest BCUT2D eigenvalue weighted by atomic mass is 16.7. The maximum absolute atomic E-state index is 13.3. The first-order valence-electron chi connectivity index (χ1n) is 33.3. The number of amides is 1. The summed E-state index contributed by atoms with van der Waals surface area (Å²) in [5, 5.41) is 87.5. The van der Waals surface area contributed by atoms with Crippen LogP contribution >= 0.6 is 0 Å². The summed E-state index contributed by atoms with van der Waals surface area (Å²) >= 11 is 0. The standard InChI is InChI=1S/C69H121NO13/c1-3-5-7-9-11-13-15-17-19-21-23-25-27-28-29-30-31-33-35-37-39-41-43-45-47-49-51-53-61(74)70-57(56-80-68-66(79)64(77)67(60(55-72)82-68)83-69-65(78)63(76)62(75)59(54-71)81-69)58(73)52-50-48-46-44-42-40-38-36-34-32-26-24-22-20-18-16-14-12-10-8-6-4-2/h5,7,11,13,17,19,23,25,28-29,31,33,37,39,57-60,62-69,71-73,75-79H,3-4,6,8-10,12,14-16,18,20-22,24,26-27,30,32,34-36,38,40-56H2,1-2H3,(H,70,74)/b7-5-,13-11-,19-17-,25-23-,29-28-,33-31-,39-37-. The van der Waals surface area contributed by atoms with Crippen LogP contribution in [0.1, 0.15) is 251 Å². The number of carbonyl (C=O) groups excluding carboxylic acids is 1. The van der Waals surface area contributed by atoms with Crippen molar-refractivity contribution in [2.75, 3.05) is 19.8 Å². The summed E-state index contributed by atoms with van der Waals surface area (Å²) in [6, 6.07) is -0.847. The summed E-state index contributed by atoms with van der Waals surface area (Å²) in [6.45, 7) is 2.75. The van der Waals surface area contributed by atoms with Gasteiger partial charge < -0.3 is 65.1 Å². The second-order valence-electron chi connectivity index (χ2n) is 23.2. The molecule has 0 aromatic carbocycles. The van der Waals surface area contributed by atoms with Crippen LogP contribution in [-0.4, -0.2) is 140 Å². The molecule has 0 aromatic heterocycles. The van der Waals surface area contributed by atoms with Crippen molar-refractivity contribution in [3.8, 4) is 0 Å². The van der Waals surface area contributed by atoms with Gasteiger partial charge in [0.05, 0.1) is 32.0 Å². The van der Waals surface area contributed by atoms with Crippen LogP contribution in [-0.2, 0) is 23.7 Å². The Morgan fingerprint density at radius 2 is 0.831 bits per heavy atom. The molecule has 0 aliphatic carbocycles. The average Bonchev–Trinajstić information content (AvgIpc) is 3.65. The minimum Gasteiger partial charge on any atom is -0.394 e. The second-order valence-corrected chi connectivity index (χ2v) is 23.2. The van der Waals surface area contributed by atoms with E-state index in [1.165, 1.54) is 116 Å². The molecule has 83 heavy (non-hydrogen) atoms. The zero-order valence-electron chi connectivity index (χ0n) is 51.9. The largest absolute Gasteiger partial charge is 0.394 e. The van der Waals surface area contributed by atoms with Crippen molar-refractivity contribution in [2.24, 2.45) is 0 Å². The number of carbonyl (C=O) groups is 1. The van der Waals surface area contributed by atoms with Crippen molar-refractivity contribution >= 4 is 5.91 Å². The van der Waals surface area contributed by atoms with Crippen LogP contribution < -0.4 is 5.32 Å². The van der Waals surface area contributed by atoms with E-state index in [0.29, 0.717) is 12.8 Å². The van der Waals surface area contributed by atoms with Gasteiger partial charge in [-0.05, 0) is 70.6 Å². The monoisotopic (exact) mass is 1170 g/mol. The van der Waals surface area contributed by atoms with E-state index in [1.807, 2.05) is 0 Å². The first kappa shape index (κ1) is 76.3. The van der Waals surface area contributed by atoms with E-state index >= 15 is 0 Å². The third-order valence-electron chi connectivity index (χ3n) is 15.9. The van der Waals surface area contributed by atoms with Crippen molar-refractivity contribution in [2.45, 2.75) is 325 Å². The zero-order valence-corrected chi connectivity index (χ0v) is 51.9. The molecule has 2 aliphatic rings. The molecule has 2 rings (SSSR count). The summed E-state index contributed by atoms with van der Waals surface area (Å²) in [7, 11) is 0. The highest BCUT2D eigenvalue weighted by Gasteiger charge is 2.51. The first-order chi connectivity index (χ1) is 40.6. The quantitative estimate of drug-likeness (QED) is 0.0204. The predicted octanol–water partition coefficient (Wildman–Crippen LogP) is 12.8. The fraction of sp³-hybridized carbons (Fsp3) is 0.783. The number of nitrogens with one attached hydrogen (secondary N) is 1. The van der Waals surface area contributed by atoms with Crippen LogP contribution in [0, 0.1) is 0 Å². The maximum atomic E-state index is 13.3. The van der Waals surface area contributed by atoms with Crippen molar-refractivity contribution < 1.29 is 64.6 Å². The van der Waals surface area contributed by atoms with E-state index in [-0.39, 0.29) is 18.9 Å². The Labute approximate surface area is 503 Å². The topological polar surface area (TPSA) is 228 Å². The molecular weight excluding hydrogens is 1050 g/mol. The van der Waals surface area contributed by atoms with Gasteiger partial charge in [-0.25, -0.2) is 0 Å². The molecule has 14 heteroatoms. The summed E-state index contributed by atoms with van der Waals surface area (Å²) in [4.78, 5) is 13.3. The molecule has 0 aromatic rings. The Balaban J connectivity index is 1.72. The van der Waals surface area contributed by atoms with E-state index < -0.39 is 86.8 Å². The van der Waals surface area contributed by atoms with Crippen molar-refractivity contribution in [1.29, 1.82) is 0 Å². The Morgan fingerprint density at radius 3 is 1.28 bits per heavy atom. The predicted molar refractivity (Wildman–Crippen MR) is 336 cm³/mol. The maximum Gasteiger partial charge on any atom is 0.220 e. The van der Waals surface area contributed by atoms with Gasteiger partial charge in [0.1, 0.15) is 48.8 Å². The normalized spacial score (nSPS) is 24.4. The number of hydrogen-bond acceptors (Lipinski definition) is 13. The fourth-order valence-corrected chi connectivity index (χ4v) is 10.6. The lowest BCUT2D eigenvalue weighted by Crippen LogP contribution is -2.65. The highest BCUT2D eigenvalue weighted by Crippen LogP contribution is 2.30. The second kappa shape index (κ2) is 53.4. The Morgan fingerprint density at radius 1 is 0.446 bits per heavy atom. The van der Waals surface area contributed by atoms with E-state index in [9.17, 15) is 45.6 Å². The van der Waals surface area contributed by atoms with Gasteiger partial charge in [0.2, 0.25) is 5.91 Å². The van der Waals surface area contributed by atoms with Crippen molar-refractivity contribution in [1.82, 2.24) is 5.32 Å². The molecule has 2 saturated heterocycles. The average molecular weight is 1170 g/mol. The van der Waals surface area contributed by atoms with Crippen LogP contribution in [0.2, 0.25) is 0 Å². The summed E-state index contributed by atoms with van der Waals surface area (Å²) < 4.78 is 22.9. The molecule has 2 heterocycles. The summed E-state index contributed by atoms with van der Waals surface area (Å²) in [5.74, 6) is -0.226. The Hall–Kier alpha value is -2.83. The third kappa shape index (κ3) is 38.1. The van der Waals surface area contributed by atoms with Gasteiger partial charge in [0.25, 0.3) is 0 Å². The number of hydrogen-bond donors (Lipinski definition) is 9. The van der Waals surface area contributed by atoms with Gasteiger partial charge in [-0.1, -0.05) is 259 Å². The molecule has 0 spiro atoms. The van der Waals surface area contributed by atoms with Gasteiger partial charge in [0.15, 0.2) is 12.6 Å². The number of rotatable bonds is 53. The van der Waals surface area contributed by atoms with Gasteiger partial charge in [0, 0.05) is 6.42 Å². The molecule has 12 unspecified atom stereocenters. The van der Waals surface area contributed by atoms with Gasteiger partial charge in [-0.3, -0.25) is 4.79 Å². The number of unbranched alkanes of at least 4 members (excludes halogenated alkanes) is 26. The van der Waals surface area contributed by atoms with Crippen LogP contribution in [0.25, 0.3) is 0 Å². The molecule has 12 atom stereocenters. The molecule has 480 valence electrons. The molecule has 14 nitrogen and oxygen atoms in total. The van der Waals surface area contributed by atoms with Gasteiger partial charge in [-0.2, -0.15) is 0 Å². The van der Waals surface area contributed by atoms with Gasteiger partial charge in [-0.15, -0.1) is 0 Å². The lowest BCUT2D eigenvalue weighted by atomic mass is 9.97. The molecule has 1 amide bonds. The van der Waals surface area contributed by atoms with Crippen molar-refractivity contribution in [3.63, 3.8) is 0 Å². The van der Waals surface area contributed by atoms with Crippen LogP contribution in [0.15, 0.2) is 85.1 Å². The SMILES string of the molecule is CC/C=C\C/C=C\C/C=C\C/C=C\C/C=C\C/C=C\C/C=C\CCCCCCCC(=O)NC(COC1OC(CO)C(OC2OC(CO)C(O)C(O)C2O)C(O)C1O)C(O)CCCCCCCCCCCCCCCCCCCCCCCC. The molecular formula is C69H121NO13. The lowest BCUT2D eigenvalue weighted by Gasteiger charge is -2.46. The van der Waals surface area contributed by atoms with E-state index in [0.717, 1.165) is 103 Å². The molecule has 0 radical (unpaired) electrons. The summed E-state index contributed by atoms with van der Waals surface area (Å²) in [6.07, 6.45) is 55.8.